The Labute approximate surface area is 146 Å². The van der Waals surface area contributed by atoms with E-state index >= 15 is 0 Å². The lowest BCUT2D eigenvalue weighted by molar-refractivity contribution is 0.240. The molecular weight excluding hydrogens is 326 g/mol. The molecule has 3 rings (SSSR count). The highest BCUT2D eigenvalue weighted by Gasteiger charge is 2.39. The molecule has 1 aliphatic rings. The minimum Gasteiger partial charge on any atom is -0.361 e. The number of rotatable bonds is 6. The fraction of sp³-hybridized carbons (Fsp3) is 0.444. The number of amides is 2. The molecule has 2 amide bonds. The second kappa shape index (κ2) is 7.26. The van der Waals surface area contributed by atoms with Crippen LogP contribution in [0.2, 0.25) is 5.02 Å². The number of benzene rings is 1. The lowest BCUT2D eigenvalue weighted by Crippen LogP contribution is -2.37. The zero-order valence-electron chi connectivity index (χ0n) is 13.9. The largest absolute Gasteiger partial charge is 0.361 e. The van der Waals surface area contributed by atoms with Gasteiger partial charge < -0.3 is 15.2 Å². The molecule has 1 fully saturated rings. The minimum atomic E-state index is -0.108. The third kappa shape index (κ3) is 4.09. The summed E-state index contributed by atoms with van der Waals surface area (Å²) in [6.45, 7) is 4.48. The van der Waals surface area contributed by atoms with Crippen LogP contribution in [-0.4, -0.2) is 23.8 Å². The average Bonchev–Trinajstić information content (AvgIpc) is 3.24. The van der Waals surface area contributed by atoms with Gasteiger partial charge in [0.15, 0.2) is 0 Å². The van der Waals surface area contributed by atoms with Crippen molar-refractivity contribution in [1.29, 1.82) is 0 Å². The van der Waals surface area contributed by atoms with Gasteiger partial charge in [0, 0.05) is 29.1 Å². The molecule has 24 heavy (non-hydrogen) atoms. The standard InChI is InChI=1S/C18H22ClN3O2/c1-11-15(12(2)24-22-11)7-4-8-20-18(23)21-17-10-16(17)13-5-3-6-14(19)9-13/h3,5-6,9,16-17H,4,7-8,10H2,1-2H3,(H2,20,21,23). The molecule has 0 radical (unpaired) electrons. The van der Waals surface area contributed by atoms with E-state index in [9.17, 15) is 4.79 Å². The summed E-state index contributed by atoms with van der Waals surface area (Å²) in [5.74, 6) is 1.23. The van der Waals surface area contributed by atoms with Crippen molar-refractivity contribution in [2.75, 3.05) is 6.54 Å². The van der Waals surface area contributed by atoms with Crippen molar-refractivity contribution in [3.05, 3.63) is 51.9 Å². The first kappa shape index (κ1) is 16.8. The van der Waals surface area contributed by atoms with Gasteiger partial charge in [0.2, 0.25) is 0 Å². The third-order valence-electron chi connectivity index (χ3n) is 4.45. The van der Waals surface area contributed by atoms with E-state index in [1.54, 1.807) is 0 Å². The quantitative estimate of drug-likeness (QED) is 0.782. The van der Waals surface area contributed by atoms with Crippen LogP contribution in [-0.2, 0) is 6.42 Å². The highest BCUT2D eigenvalue weighted by molar-refractivity contribution is 6.30. The predicted molar refractivity (Wildman–Crippen MR) is 93.4 cm³/mol. The molecule has 0 saturated heterocycles. The maximum atomic E-state index is 12.0. The number of carbonyl (C=O) groups excluding carboxylic acids is 1. The van der Waals surface area contributed by atoms with E-state index in [0.717, 1.165) is 41.3 Å². The number of halogens is 1. The zero-order valence-corrected chi connectivity index (χ0v) is 14.7. The molecule has 0 spiro atoms. The van der Waals surface area contributed by atoms with E-state index in [1.807, 2.05) is 32.0 Å². The molecule has 2 N–H and O–H groups in total. The molecule has 2 unspecified atom stereocenters. The van der Waals surface area contributed by atoms with Crippen LogP contribution in [0.1, 0.15) is 41.3 Å². The van der Waals surface area contributed by atoms with Crippen molar-refractivity contribution < 1.29 is 9.32 Å². The van der Waals surface area contributed by atoms with Gasteiger partial charge in [-0.05, 0) is 50.8 Å². The first-order valence-electron chi connectivity index (χ1n) is 8.26. The van der Waals surface area contributed by atoms with E-state index in [0.29, 0.717) is 12.5 Å². The molecular formula is C18H22ClN3O2. The number of aromatic nitrogens is 1. The smallest absolute Gasteiger partial charge is 0.315 e. The summed E-state index contributed by atoms with van der Waals surface area (Å²) in [6, 6.07) is 7.92. The Bertz CT molecular complexity index is 709. The van der Waals surface area contributed by atoms with Crippen LogP contribution >= 0.6 is 11.6 Å². The van der Waals surface area contributed by atoms with E-state index < -0.39 is 0 Å². The van der Waals surface area contributed by atoms with E-state index in [-0.39, 0.29) is 12.1 Å². The Balaban J connectivity index is 1.37. The Morgan fingerprint density at radius 1 is 1.42 bits per heavy atom. The first-order valence-corrected chi connectivity index (χ1v) is 8.64. The maximum Gasteiger partial charge on any atom is 0.315 e. The van der Waals surface area contributed by atoms with Crippen LogP contribution in [0.4, 0.5) is 4.79 Å². The third-order valence-corrected chi connectivity index (χ3v) is 4.69. The second-order valence-electron chi connectivity index (χ2n) is 6.31. The van der Waals surface area contributed by atoms with Crippen LogP contribution in [0, 0.1) is 13.8 Å². The molecule has 1 aromatic carbocycles. The van der Waals surface area contributed by atoms with Crippen LogP contribution < -0.4 is 10.6 Å². The van der Waals surface area contributed by atoms with Crippen LogP contribution in [0.3, 0.4) is 0 Å². The van der Waals surface area contributed by atoms with Crippen molar-refractivity contribution in [3.63, 3.8) is 0 Å². The number of carbonyl (C=O) groups is 1. The van der Waals surface area contributed by atoms with Gasteiger partial charge in [0.1, 0.15) is 5.76 Å². The Hall–Kier alpha value is -2.01. The topological polar surface area (TPSA) is 67.2 Å². The molecule has 1 aliphatic carbocycles. The van der Waals surface area contributed by atoms with Gasteiger partial charge >= 0.3 is 6.03 Å². The van der Waals surface area contributed by atoms with Crippen molar-refractivity contribution >= 4 is 17.6 Å². The molecule has 128 valence electrons. The summed E-state index contributed by atoms with van der Waals surface area (Å²) in [7, 11) is 0. The minimum absolute atomic E-state index is 0.108. The zero-order chi connectivity index (χ0) is 17.1. The number of hydrogen-bond donors (Lipinski definition) is 2. The monoisotopic (exact) mass is 347 g/mol. The number of urea groups is 1. The molecule has 0 aliphatic heterocycles. The van der Waals surface area contributed by atoms with Gasteiger partial charge in [-0.2, -0.15) is 0 Å². The normalized spacial score (nSPS) is 19.1. The number of nitrogens with one attached hydrogen (secondary N) is 2. The van der Waals surface area contributed by atoms with Gasteiger partial charge in [-0.1, -0.05) is 28.9 Å². The van der Waals surface area contributed by atoms with E-state index in [4.69, 9.17) is 16.1 Å². The molecule has 2 aromatic rings. The fourth-order valence-electron chi connectivity index (χ4n) is 3.01. The van der Waals surface area contributed by atoms with Crippen LogP contribution in [0.25, 0.3) is 0 Å². The van der Waals surface area contributed by atoms with Crippen molar-refractivity contribution in [3.8, 4) is 0 Å². The maximum absolute atomic E-state index is 12.0. The Kier molecular flexibility index (Phi) is 5.09. The van der Waals surface area contributed by atoms with Crippen molar-refractivity contribution in [2.24, 2.45) is 0 Å². The summed E-state index contributed by atoms with van der Waals surface area (Å²) in [6.07, 6.45) is 2.68. The average molecular weight is 348 g/mol. The van der Waals surface area contributed by atoms with Crippen molar-refractivity contribution in [1.82, 2.24) is 15.8 Å². The molecule has 1 heterocycles. The lowest BCUT2D eigenvalue weighted by Gasteiger charge is -2.07. The van der Waals surface area contributed by atoms with E-state index in [2.05, 4.69) is 21.9 Å². The lowest BCUT2D eigenvalue weighted by atomic mass is 10.1. The van der Waals surface area contributed by atoms with Gasteiger partial charge in [-0.25, -0.2) is 4.79 Å². The SMILES string of the molecule is Cc1noc(C)c1CCCNC(=O)NC1CC1c1cccc(Cl)c1. The van der Waals surface area contributed by atoms with Gasteiger partial charge in [-0.3, -0.25) is 0 Å². The molecule has 2 atom stereocenters. The summed E-state index contributed by atoms with van der Waals surface area (Å²) < 4.78 is 5.14. The van der Waals surface area contributed by atoms with Crippen molar-refractivity contribution in [2.45, 2.75) is 45.1 Å². The Morgan fingerprint density at radius 2 is 2.25 bits per heavy atom. The fourth-order valence-corrected chi connectivity index (χ4v) is 3.20. The first-order chi connectivity index (χ1) is 11.5. The molecule has 1 saturated carbocycles. The van der Waals surface area contributed by atoms with Crippen LogP contribution in [0.5, 0.6) is 0 Å². The number of nitrogens with zero attached hydrogens (tertiary/aromatic N) is 1. The molecule has 1 aromatic heterocycles. The van der Waals surface area contributed by atoms with Gasteiger partial charge in [0.25, 0.3) is 0 Å². The number of aryl methyl sites for hydroxylation is 2. The van der Waals surface area contributed by atoms with E-state index in [1.165, 1.54) is 5.56 Å². The molecule has 6 heteroatoms. The number of hydrogen-bond acceptors (Lipinski definition) is 3. The van der Waals surface area contributed by atoms with Gasteiger partial charge in [0.05, 0.1) is 5.69 Å². The summed E-state index contributed by atoms with van der Waals surface area (Å²) in [4.78, 5) is 12.0. The highest BCUT2D eigenvalue weighted by atomic mass is 35.5. The summed E-state index contributed by atoms with van der Waals surface area (Å²) in [5, 5.41) is 10.6. The Morgan fingerprint density at radius 3 is 2.96 bits per heavy atom. The van der Waals surface area contributed by atoms with Gasteiger partial charge in [-0.15, -0.1) is 0 Å². The summed E-state index contributed by atoms with van der Waals surface area (Å²) >= 11 is 6.01. The molecule has 5 nitrogen and oxygen atoms in total. The second-order valence-corrected chi connectivity index (χ2v) is 6.75. The summed E-state index contributed by atoms with van der Waals surface area (Å²) in [5.41, 5.74) is 3.26. The van der Waals surface area contributed by atoms with Crippen LogP contribution in [0.15, 0.2) is 28.8 Å². The predicted octanol–water partition coefficient (Wildman–Crippen LogP) is 3.73. The molecule has 0 bridgehead atoms. The highest BCUT2D eigenvalue weighted by Crippen LogP contribution is 2.41.